The molecular formula is C16H21N5. The summed E-state index contributed by atoms with van der Waals surface area (Å²) >= 11 is 0. The third-order valence-electron chi connectivity index (χ3n) is 2.66. The SMILES string of the molecule is N=C(N)NC(=N)N.c1ccc(CCc2ccccc2)cc1. The van der Waals surface area contributed by atoms with E-state index in [-0.39, 0.29) is 11.9 Å². The number of rotatable bonds is 3. The predicted molar refractivity (Wildman–Crippen MR) is 87.3 cm³/mol. The highest BCUT2D eigenvalue weighted by molar-refractivity contribution is 5.93. The number of hydrogen-bond donors (Lipinski definition) is 5. The van der Waals surface area contributed by atoms with Gasteiger partial charge in [-0.1, -0.05) is 60.7 Å². The molecule has 0 radical (unpaired) electrons. The lowest BCUT2D eigenvalue weighted by molar-refractivity contribution is 0.960. The predicted octanol–water partition coefficient (Wildman–Crippen LogP) is 1.83. The smallest absolute Gasteiger partial charge is 0.192 e. The lowest BCUT2D eigenvalue weighted by atomic mass is 10.0. The molecule has 0 unspecified atom stereocenters. The number of benzene rings is 2. The molecule has 0 saturated heterocycles. The highest BCUT2D eigenvalue weighted by atomic mass is 15.1. The third kappa shape index (κ3) is 8.05. The largest absolute Gasteiger partial charge is 0.370 e. The molecule has 0 bridgehead atoms. The lowest BCUT2D eigenvalue weighted by Gasteiger charge is -2.01. The molecule has 7 N–H and O–H groups in total. The topological polar surface area (TPSA) is 112 Å². The number of nitrogens with one attached hydrogen (secondary N) is 3. The molecule has 21 heavy (non-hydrogen) atoms. The second-order valence-corrected chi connectivity index (χ2v) is 4.42. The molecule has 2 aromatic carbocycles. The van der Waals surface area contributed by atoms with Gasteiger partial charge in [-0.15, -0.1) is 0 Å². The van der Waals surface area contributed by atoms with E-state index in [1.54, 1.807) is 0 Å². The first-order chi connectivity index (χ1) is 10.1. The Morgan fingerprint density at radius 2 is 1.05 bits per heavy atom. The number of nitrogens with two attached hydrogens (primary N) is 2. The van der Waals surface area contributed by atoms with E-state index in [2.05, 4.69) is 60.7 Å². The Labute approximate surface area is 125 Å². The van der Waals surface area contributed by atoms with Crippen molar-refractivity contribution in [1.29, 1.82) is 10.8 Å². The van der Waals surface area contributed by atoms with Gasteiger partial charge in [0.15, 0.2) is 11.9 Å². The maximum atomic E-state index is 6.47. The summed E-state index contributed by atoms with van der Waals surface area (Å²) in [6.07, 6.45) is 2.26. The van der Waals surface area contributed by atoms with Crippen LogP contribution in [0.1, 0.15) is 11.1 Å². The zero-order valence-corrected chi connectivity index (χ0v) is 11.8. The minimum absolute atomic E-state index is 0.312. The van der Waals surface area contributed by atoms with Gasteiger partial charge in [0, 0.05) is 0 Å². The van der Waals surface area contributed by atoms with Crippen LogP contribution in [-0.4, -0.2) is 11.9 Å². The second kappa shape index (κ2) is 9.14. The first-order valence-electron chi connectivity index (χ1n) is 6.61. The quantitative estimate of drug-likeness (QED) is 0.437. The van der Waals surface area contributed by atoms with Crippen LogP contribution in [0.5, 0.6) is 0 Å². The van der Waals surface area contributed by atoms with Gasteiger partial charge in [-0.3, -0.25) is 16.1 Å². The van der Waals surface area contributed by atoms with Gasteiger partial charge >= 0.3 is 0 Å². The van der Waals surface area contributed by atoms with E-state index in [0.29, 0.717) is 0 Å². The number of guanidine groups is 2. The van der Waals surface area contributed by atoms with Crippen molar-refractivity contribution in [1.82, 2.24) is 5.32 Å². The molecule has 0 spiro atoms. The summed E-state index contributed by atoms with van der Waals surface area (Å²) < 4.78 is 0. The zero-order chi connectivity index (χ0) is 15.5. The molecule has 0 fully saturated rings. The molecule has 2 aromatic rings. The standard InChI is InChI=1S/C14H14.C2H7N5/c1-3-7-13(8-4-1)11-12-14-9-5-2-6-10-14;3-1(4)7-2(5)6/h1-10H,11-12H2;(H7,3,4,5,6,7). The summed E-state index contributed by atoms with van der Waals surface area (Å²) in [5.74, 6) is -0.625. The van der Waals surface area contributed by atoms with Gasteiger partial charge in [0.05, 0.1) is 0 Å². The molecule has 5 heteroatoms. The Morgan fingerprint density at radius 3 is 1.29 bits per heavy atom. The first kappa shape index (κ1) is 16.2. The molecule has 2 rings (SSSR count). The van der Waals surface area contributed by atoms with Crippen LogP contribution in [0, 0.1) is 10.8 Å². The van der Waals surface area contributed by atoms with Crippen LogP contribution >= 0.6 is 0 Å². The van der Waals surface area contributed by atoms with Gasteiger partial charge < -0.3 is 11.5 Å². The van der Waals surface area contributed by atoms with Gasteiger partial charge in [-0.2, -0.15) is 0 Å². The molecule has 0 atom stereocenters. The highest BCUT2D eigenvalue weighted by Gasteiger charge is 1.93. The van der Waals surface area contributed by atoms with Crippen molar-refractivity contribution < 1.29 is 0 Å². The van der Waals surface area contributed by atoms with E-state index >= 15 is 0 Å². The van der Waals surface area contributed by atoms with Crippen molar-refractivity contribution in [3.05, 3.63) is 71.8 Å². The molecule has 0 aliphatic carbocycles. The molecule has 0 amide bonds. The van der Waals surface area contributed by atoms with Crippen LogP contribution in [0.15, 0.2) is 60.7 Å². The van der Waals surface area contributed by atoms with Crippen LogP contribution < -0.4 is 16.8 Å². The number of hydrogen-bond acceptors (Lipinski definition) is 2. The van der Waals surface area contributed by atoms with E-state index in [1.165, 1.54) is 11.1 Å². The molecule has 5 nitrogen and oxygen atoms in total. The van der Waals surface area contributed by atoms with Crippen molar-refractivity contribution in [2.75, 3.05) is 0 Å². The van der Waals surface area contributed by atoms with Crippen LogP contribution in [0.3, 0.4) is 0 Å². The average molecular weight is 283 g/mol. The summed E-state index contributed by atoms with van der Waals surface area (Å²) in [5, 5.41) is 15.0. The van der Waals surface area contributed by atoms with Gasteiger partial charge in [0.1, 0.15) is 0 Å². The Morgan fingerprint density at radius 1 is 0.714 bits per heavy atom. The average Bonchev–Trinajstić information content (AvgIpc) is 2.46. The maximum absolute atomic E-state index is 6.47. The van der Waals surface area contributed by atoms with Crippen molar-refractivity contribution >= 4 is 11.9 Å². The Bertz CT molecular complexity index is 500. The van der Waals surface area contributed by atoms with E-state index in [1.807, 2.05) is 5.32 Å². The molecule has 0 saturated carbocycles. The molecule has 0 heterocycles. The van der Waals surface area contributed by atoms with Crippen LogP contribution in [-0.2, 0) is 12.8 Å². The van der Waals surface area contributed by atoms with Crippen LogP contribution in [0.25, 0.3) is 0 Å². The monoisotopic (exact) mass is 283 g/mol. The molecule has 0 aliphatic rings. The molecule has 110 valence electrons. The fourth-order valence-electron chi connectivity index (χ4n) is 1.72. The third-order valence-corrected chi connectivity index (χ3v) is 2.66. The first-order valence-corrected chi connectivity index (χ1v) is 6.61. The van der Waals surface area contributed by atoms with Crippen molar-refractivity contribution in [2.24, 2.45) is 11.5 Å². The van der Waals surface area contributed by atoms with E-state index < -0.39 is 0 Å². The zero-order valence-electron chi connectivity index (χ0n) is 11.8. The highest BCUT2D eigenvalue weighted by Crippen LogP contribution is 2.06. The Balaban J connectivity index is 0.000000270. The fraction of sp³-hybridized carbons (Fsp3) is 0.125. The summed E-state index contributed by atoms with van der Waals surface area (Å²) in [6, 6.07) is 21.2. The summed E-state index contributed by atoms with van der Waals surface area (Å²) in [4.78, 5) is 0. The lowest BCUT2D eigenvalue weighted by Crippen LogP contribution is -2.39. The van der Waals surface area contributed by atoms with Crippen molar-refractivity contribution in [3.63, 3.8) is 0 Å². The van der Waals surface area contributed by atoms with E-state index in [9.17, 15) is 0 Å². The Hall–Kier alpha value is -2.82. The van der Waals surface area contributed by atoms with E-state index in [0.717, 1.165) is 12.8 Å². The molecule has 0 aliphatic heterocycles. The van der Waals surface area contributed by atoms with Gasteiger partial charge in [0.2, 0.25) is 0 Å². The van der Waals surface area contributed by atoms with Crippen LogP contribution in [0.2, 0.25) is 0 Å². The minimum atomic E-state index is -0.312. The fourth-order valence-corrected chi connectivity index (χ4v) is 1.72. The minimum Gasteiger partial charge on any atom is -0.370 e. The summed E-state index contributed by atoms with van der Waals surface area (Å²) in [7, 11) is 0. The summed E-state index contributed by atoms with van der Waals surface area (Å²) in [6.45, 7) is 0. The van der Waals surface area contributed by atoms with Crippen molar-refractivity contribution in [3.8, 4) is 0 Å². The molecular weight excluding hydrogens is 262 g/mol. The normalized spacial score (nSPS) is 9.14. The maximum Gasteiger partial charge on any atom is 0.192 e. The number of aryl methyl sites for hydroxylation is 2. The van der Waals surface area contributed by atoms with Crippen LogP contribution in [0.4, 0.5) is 0 Å². The van der Waals surface area contributed by atoms with Gasteiger partial charge in [-0.05, 0) is 24.0 Å². The Kier molecular flexibility index (Phi) is 7.07. The van der Waals surface area contributed by atoms with E-state index in [4.69, 9.17) is 22.3 Å². The molecule has 0 aromatic heterocycles. The summed E-state index contributed by atoms with van der Waals surface area (Å²) in [5.41, 5.74) is 12.3. The van der Waals surface area contributed by atoms with Crippen molar-refractivity contribution in [2.45, 2.75) is 12.8 Å². The van der Waals surface area contributed by atoms with Gasteiger partial charge in [0.25, 0.3) is 0 Å². The second-order valence-electron chi connectivity index (χ2n) is 4.42. The van der Waals surface area contributed by atoms with Gasteiger partial charge in [-0.25, -0.2) is 0 Å².